The van der Waals surface area contributed by atoms with Crippen LogP contribution in [0, 0.1) is 20.0 Å². The first-order valence-corrected chi connectivity index (χ1v) is 6.38. The molecule has 0 bridgehead atoms. The molecule has 1 aromatic carbocycles. The Morgan fingerprint density at radius 1 is 1.10 bits per heavy atom. The summed E-state index contributed by atoms with van der Waals surface area (Å²) in [7, 11) is 0. The topological polar surface area (TPSA) is 62.9 Å². The van der Waals surface area contributed by atoms with Crippen molar-refractivity contribution in [1.82, 2.24) is 0 Å². The molecule has 0 spiro atoms. The van der Waals surface area contributed by atoms with E-state index in [1.54, 1.807) is 5.56 Å². The van der Waals surface area contributed by atoms with Gasteiger partial charge in [-0.3, -0.25) is 0 Å². The van der Waals surface area contributed by atoms with Crippen molar-refractivity contribution >= 4 is 5.69 Å². The first-order chi connectivity index (χ1) is 9.92. The molecule has 2 aliphatic rings. The van der Waals surface area contributed by atoms with Gasteiger partial charge in [-0.05, 0) is 30.9 Å². The van der Waals surface area contributed by atoms with Crippen molar-refractivity contribution in [1.29, 1.82) is 0 Å². The molecule has 0 N–H and O–H groups in total. The fraction of sp³-hybridized carbons (Fsp3) is 0.438. The van der Waals surface area contributed by atoms with Crippen LogP contribution in [-0.4, -0.2) is 12.6 Å². The zero-order valence-corrected chi connectivity index (χ0v) is 13.1. The number of anilines is 1. The Morgan fingerprint density at radius 3 is 2.24 bits per heavy atom. The van der Waals surface area contributed by atoms with E-state index in [0.29, 0.717) is 0 Å². The summed E-state index contributed by atoms with van der Waals surface area (Å²) in [5.41, 5.74) is 3.11. The summed E-state index contributed by atoms with van der Waals surface area (Å²) in [5.74, 6) is 0.800. The fourth-order valence-electron chi connectivity index (χ4n) is 3.27. The standard InChI is InChI=1S/C13H17N.3CO.Cr/c1-2-10-11-6-3-4-7-13(11)14-9-5-8-12(10)14;3*1-2;/h3-4,6-7,10,12H,2,5,8-9H2,1H3;;;;/t10-,12-;;;;/m1..../s1. The quantitative estimate of drug-likeness (QED) is 0.579. The molecule has 3 rings (SSSR count). The van der Waals surface area contributed by atoms with Gasteiger partial charge in [0.15, 0.2) is 0 Å². The van der Waals surface area contributed by atoms with Crippen molar-refractivity contribution in [2.45, 2.75) is 38.1 Å². The number of hydrogen-bond acceptors (Lipinski definition) is 1. The molecule has 110 valence electrons. The maximum atomic E-state index is 7.50. The van der Waals surface area contributed by atoms with Crippen LogP contribution in [0.2, 0.25) is 0 Å². The average molecular weight is 323 g/mol. The molecule has 0 saturated carbocycles. The van der Waals surface area contributed by atoms with Crippen molar-refractivity contribution < 1.29 is 31.3 Å². The van der Waals surface area contributed by atoms with Crippen molar-refractivity contribution in [3.63, 3.8) is 0 Å². The average Bonchev–Trinajstić information content (AvgIpc) is 3.13. The number of nitrogens with zero attached hydrogens (tertiary/aromatic N) is 1. The molecule has 0 aromatic heterocycles. The van der Waals surface area contributed by atoms with Gasteiger partial charge in [0, 0.05) is 41.6 Å². The number of fused-ring (bicyclic) bond motifs is 3. The number of para-hydroxylation sites is 1. The molecule has 0 radical (unpaired) electrons. The Labute approximate surface area is 136 Å². The van der Waals surface area contributed by atoms with Crippen LogP contribution in [0.4, 0.5) is 5.69 Å². The van der Waals surface area contributed by atoms with Crippen LogP contribution in [0.5, 0.6) is 0 Å². The first-order valence-electron chi connectivity index (χ1n) is 6.38. The summed E-state index contributed by atoms with van der Waals surface area (Å²) >= 11 is 0. The van der Waals surface area contributed by atoms with Crippen molar-refractivity contribution in [2.75, 3.05) is 11.4 Å². The second kappa shape index (κ2) is 12.5. The van der Waals surface area contributed by atoms with E-state index in [1.165, 1.54) is 31.5 Å². The van der Waals surface area contributed by atoms with Gasteiger partial charge in [0.25, 0.3) is 0 Å². The normalized spacial score (nSPS) is 19.7. The van der Waals surface area contributed by atoms with E-state index in [2.05, 4.69) is 56.0 Å². The van der Waals surface area contributed by atoms with Crippen LogP contribution < -0.4 is 4.90 Å². The maximum Gasteiger partial charge on any atom is 0 e. The number of rotatable bonds is 1. The molecule has 2 heterocycles. The maximum absolute atomic E-state index is 7.50. The fourth-order valence-corrected chi connectivity index (χ4v) is 3.27. The Bertz CT molecular complexity index is 441. The number of benzene rings is 1. The molecular weight excluding hydrogens is 306 g/mol. The molecule has 5 heteroatoms. The smallest absolute Gasteiger partial charge is 0 e. The summed E-state index contributed by atoms with van der Waals surface area (Å²) in [6, 6.07) is 9.79. The van der Waals surface area contributed by atoms with Crippen LogP contribution >= 0.6 is 0 Å². The van der Waals surface area contributed by atoms with Gasteiger partial charge >= 0.3 is 33.9 Å². The van der Waals surface area contributed by atoms with Gasteiger partial charge in [0.2, 0.25) is 0 Å². The van der Waals surface area contributed by atoms with E-state index in [0.717, 1.165) is 12.0 Å². The SMILES string of the molecule is CC[C@@H]1c2ccccc2N2CCC[C@H]12.[C-]#[O+].[C-]#[O+].[C-]#[O+].[Cr]. The second-order valence-corrected chi connectivity index (χ2v) is 4.48. The van der Waals surface area contributed by atoms with Crippen molar-refractivity contribution in [3.8, 4) is 0 Å². The van der Waals surface area contributed by atoms with Crippen LogP contribution in [0.3, 0.4) is 0 Å². The van der Waals surface area contributed by atoms with Crippen molar-refractivity contribution in [2.24, 2.45) is 0 Å². The molecule has 2 aliphatic heterocycles. The summed E-state index contributed by atoms with van der Waals surface area (Å²) in [6.07, 6.45) is 4.07. The third-order valence-corrected chi connectivity index (χ3v) is 3.85. The Balaban J connectivity index is 0. The Hall–Kier alpha value is -1.23. The molecule has 1 saturated heterocycles. The monoisotopic (exact) mass is 323 g/mol. The van der Waals surface area contributed by atoms with E-state index in [1.807, 2.05) is 0 Å². The van der Waals surface area contributed by atoms with Crippen molar-refractivity contribution in [3.05, 3.63) is 49.8 Å². The summed E-state index contributed by atoms with van der Waals surface area (Å²) in [6.45, 7) is 17.1. The van der Waals surface area contributed by atoms with Crippen LogP contribution in [0.25, 0.3) is 0 Å². The van der Waals surface area contributed by atoms with Gasteiger partial charge in [-0.25, -0.2) is 0 Å². The third kappa shape index (κ3) is 4.63. The molecule has 0 amide bonds. The Morgan fingerprint density at radius 2 is 1.67 bits per heavy atom. The molecular formula is C16H17CrNO3. The van der Waals surface area contributed by atoms with Gasteiger partial charge in [0.1, 0.15) is 0 Å². The predicted octanol–water partition coefficient (Wildman–Crippen LogP) is 3.05. The summed E-state index contributed by atoms with van der Waals surface area (Å²) in [4.78, 5) is 2.63. The minimum absolute atomic E-state index is 0. The number of hydrogen-bond donors (Lipinski definition) is 0. The first kappa shape index (κ1) is 22.1. The molecule has 0 unspecified atom stereocenters. The molecule has 4 nitrogen and oxygen atoms in total. The van der Waals surface area contributed by atoms with Crippen LogP contribution in [-0.2, 0) is 31.3 Å². The van der Waals surface area contributed by atoms with Crippen LogP contribution in [0.15, 0.2) is 24.3 Å². The van der Waals surface area contributed by atoms with Gasteiger partial charge in [-0.1, -0.05) is 25.1 Å². The summed E-state index contributed by atoms with van der Waals surface area (Å²) in [5, 5.41) is 0. The zero-order chi connectivity index (χ0) is 15.5. The van der Waals surface area contributed by atoms with Gasteiger partial charge in [-0.15, -0.1) is 0 Å². The zero-order valence-electron chi connectivity index (χ0n) is 11.9. The van der Waals surface area contributed by atoms with E-state index in [-0.39, 0.29) is 17.4 Å². The Kier molecular flexibility index (Phi) is 13.1. The van der Waals surface area contributed by atoms with E-state index < -0.39 is 0 Å². The van der Waals surface area contributed by atoms with Gasteiger partial charge < -0.3 is 4.90 Å². The molecule has 21 heavy (non-hydrogen) atoms. The van der Waals surface area contributed by atoms with Gasteiger partial charge in [0.05, 0.1) is 0 Å². The molecule has 1 aromatic rings. The summed E-state index contributed by atoms with van der Waals surface area (Å²) < 4.78 is 22.5. The second-order valence-electron chi connectivity index (χ2n) is 4.48. The third-order valence-electron chi connectivity index (χ3n) is 3.85. The predicted molar refractivity (Wildman–Crippen MR) is 71.6 cm³/mol. The van der Waals surface area contributed by atoms with E-state index in [9.17, 15) is 0 Å². The van der Waals surface area contributed by atoms with E-state index in [4.69, 9.17) is 14.0 Å². The molecule has 1 fully saturated rings. The molecule has 2 atom stereocenters. The van der Waals surface area contributed by atoms with Gasteiger partial charge in [-0.2, -0.15) is 0 Å². The van der Waals surface area contributed by atoms with E-state index >= 15 is 0 Å². The minimum atomic E-state index is 0. The minimum Gasteiger partial charge on any atom is 0 e. The largest absolute Gasteiger partial charge is 0 e. The van der Waals surface area contributed by atoms with Crippen LogP contribution in [0.1, 0.15) is 37.7 Å². The molecule has 0 aliphatic carbocycles.